The van der Waals surface area contributed by atoms with E-state index >= 15 is 0 Å². The van der Waals surface area contributed by atoms with E-state index in [1.165, 1.54) is 100 Å². The van der Waals surface area contributed by atoms with E-state index in [9.17, 15) is 0 Å². The van der Waals surface area contributed by atoms with Crippen LogP contribution in [0.4, 0.5) is 0 Å². The molecule has 269 valence electrons. The summed E-state index contributed by atoms with van der Waals surface area (Å²) >= 11 is -4.99. The maximum atomic E-state index is 8.80. The van der Waals surface area contributed by atoms with Crippen molar-refractivity contribution < 1.29 is 16.4 Å². The van der Waals surface area contributed by atoms with E-state index in [2.05, 4.69) is 137 Å². The van der Waals surface area contributed by atoms with Crippen molar-refractivity contribution in [3.05, 3.63) is 126 Å². The molecule has 0 N–H and O–H groups in total. The molecule has 0 fully saturated rings. The quantitative estimate of drug-likeness (QED) is 0.142. The van der Waals surface area contributed by atoms with Crippen LogP contribution in [0.1, 0.15) is 133 Å². The average Bonchev–Trinajstić information content (AvgIpc) is 3.67. The number of halogens is 2. The summed E-state index contributed by atoms with van der Waals surface area (Å²) in [6.07, 6.45) is 11.8. The molecule has 2 atom stereocenters. The van der Waals surface area contributed by atoms with Crippen LogP contribution in [-0.4, -0.2) is 0 Å². The van der Waals surface area contributed by atoms with Gasteiger partial charge in [-0.1, -0.05) is 0 Å². The minimum atomic E-state index is -4.99. The second-order valence-electron chi connectivity index (χ2n) is 16.2. The van der Waals surface area contributed by atoms with Crippen LogP contribution in [0.5, 0.6) is 0 Å². The summed E-state index contributed by atoms with van der Waals surface area (Å²) in [5.41, 5.74) is 24.5. The molecule has 2 unspecified atom stereocenters. The van der Waals surface area contributed by atoms with Crippen molar-refractivity contribution >= 4 is 29.2 Å². The van der Waals surface area contributed by atoms with Crippen molar-refractivity contribution in [2.75, 3.05) is 0 Å². The Labute approximate surface area is 318 Å². The van der Waals surface area contributed by atoms with Crippen molar-refractivity contribution in [2.24, 2.45) is 0 Å². The van der Waals surface area contributed by atoms with Crippen LogP contribution >= 0.6 is 17.0 Å². The molecular formula is C48H59Cl2Zr. The van der Waals surface area contributed by atoms with Gasteiger partial charge >= 0.3 is 320 Å². The van der Waals surface area contributed by atoms with Gasteiger partial charge in [0.2, 0.25) is 0 Å². The van der Waals surface area contributed by atoms with Gasteiger partial charge in [0.15, 0.2) is 0 Å². The van der Waals surface area contributed by atoms with Gasteiger partial charge in [0.1, 0.15) is 0 Å². The monoisotopic (exact) mass is 795 g/mol. The molecule has 0 nitrogen and oxygen atoms in total. The summed E-state index contributed by atoms with van der Waals surface area (Å²) in [5, 5.41) is 0. The van der Waals surface area contributed by atoms with E-state index in [0.717, 1.165) is 42.7 Å². The fourth-order valence-electron chi connectivity index (χ4n) is 9.72. The third-order valence-electron chi connectivity index (χ3n) is 12.7. The van der Waals surface area contributed by atoms with E-state index in [1.807, 2.05) is 0 Å². The van der Waals surface area contributed by atoms with E-state index in [-0.39, 0.29) is 7.25 Å². The van der Waals surface area contributed by atoms with Gasteiger partial charge in [0, 0.05) is 0 Å². The third kappa shape index (κ3) is 6.55. The van der Waals surface area contributed by atoms with Gasteiger partial charge in [-0.25, -0.2) is 0 Å². The maximum absolute atomic E-state index is 8.80. The molecule has 0 bridgehead atoms. The predicted molar refractivity (Wildman–Crippen MR) is 224 cm³/mol. The van der Waals surface area contributed by atoms with Gasteiger partial charge in [-0.2, -0.15) is 0 Å². The topological polar surface area (TPSA) is 0 Å². The molecule has 6 rings (SSSR count). The molecule has 0 spiro atoms. The van der Waals surface area contributed by atoms with E-state index in [4.69, 9.17) is 17.0 Å². The first-order valence-electron chi connectivity index (χ1n) is 19.6. The van der Waals surface area contributed by atoms with Crippen molar-refractivity contribution in [2.45, 2.75) is 126 Å². The number of rotatable bonds is 11. The van der Waals surface area contributed by atoms with Gasteiger partial charge in [-0.15, -0.1) is 0 Å². The van der Waals surface area contributed by atoms with E-state index in [0.29, 0.717) is 0 Å². The number of fused-ring (bicyclic) bond motifs is 2. The van der Waals surface area contributed by atoms with Crippen molar-refractivity contribution in [3.63, 3.8) is 0 Å². The Morgan fingerprint density at radius 3 is 1.22 bits per heavy atom. The zero-order chi connectivity index (χ0) is 37.0. The fourth-order valence-corrected chi connectivity index (χ4v) is 28.1. The summed E-state index contributed by atoms with van der Waals surface area (Å²) in [6, 6.07) is 18.8. The van der Waals surface area contributed by atoms with Crippen LogP contribution in [0.25, 0.3) is 34.4 Å². The number of allylic oxidation sites excluding steroid dienone is 2. The molecule has 0 heterocycles. The van der Waals surface area contributed by atoms with E-state index in [1.54, 1.807) is 0 Å². The SMILES string of the molecule is CCCCC1=Cc2c(-c3ccc(C)c(C)c3)c(C)cc(C)c2[CH]1[Zr]([Cl])([Cl])([CH2]C)[CH]1C(CCCC)=Cc2c(-c3ccc(C)c(C)c3)c(C)cc(C)c21. The van der Waals surface area contributed by atoms with Crippen LogP contribution in [0.2, 0.25) is 4.13 Å². The number of benzene rings is 4. The first-order chi connectivity index (χ1) is 24.1. The Kier molecular flexibility index (Phi) is 11.0. The zero-order valence-electron chi connectivity index (χ0n) is 33.1. The molecule has 3 heteroatoms. The van der Waals surface area contributed by atoms with Crippen molar-refractivity contribution in [1.29, 1.82) is 0 Å². The predicted octanol–water partition coefficient (Wildman–Crippen LogP) is 15.9. The first-order valence-corrected chi connectivity index (χ1v) is 30.5. The molecule has 0 aliphatic heterocycles. The van der Waals surface area contributed by atoms with Crippen molar-refractivity contribution in [1.82, 2.24) is 0 Å². The minimum absolute atomic E-state index is 0.0685. The molecule has 4 aromatic carbocycles. The first kappa shape index (κ1) is 38.5. The third-order valence-corrected chi connectivity index (χ3v) is 33.4. The second kappa shape index (κ2) is 14.6. The average molecular weight is 798 g/mol. The van der Waals surface area contributed by atoms with Gasteiger partial charge in [0.05, 0.1) is 0 Å². The molecule has 51 heavy (non-hydrogen) atoms. The number of hydrogen-bond acceptors (Lipinski definition) is 0. The summed E-state index contributed by atoms with van der Waals surface area (Å²) < 4.78 is 0.974. The van der Waals surface area contributed by atoms with Crippen LogP contribution < -0.4 is 0 Å². The molecule has 0 amide bonds. The second-order valence-corrected chi connectivity index (χ2v) is 39.2. The molecule has 2 aliphatic carbocycles. The normalized spacial score (nSPS) is 17.5. The molecular weight excluding hydrogens is 739 g/mol. The zero-order valence-corrected chi connectivity index (χ0v) is 37.1. The van der Waals surface area contributed by atoms with Gasteiger partial charge < -0.3 is 0 Å². The molecule has 0 saturated heterocycles. The van der Waals surface area contributed by atoms with Gasteiger partial charge in [-0.05, 0) is 0 Å². The Morgan fingerprint density at radius 2 is 0.882 bits per heavy atom. The van der Waals surface area contributed by atoms with Crippen LogP contribution in [-0.2, 0) is 16.4 Å². The van der Waals surface area contributed by atoms with Gasteiger partial charge in [-0.3, -0.25) is 0 Å². The summed E-state index contributed by atoms with van der Waals surface area (Å²) in [4.78, 5) is 0. The molecule has 0 saturated carbocycles. The Morgan fingerprint density at radius 1 is 0.490 bits per heavy atom. The number of aryl methyl sites for hydroxylation is 8. The molecule has 4 aromatic rings. The fraction of sp³-hybridized carbons (Fsp3) is 0.417. The molecule has 0 radical (unpaired) electrons. The van der Waals surface area contributed by atoms with Crippen LogP contribution in [0.15, 0.2) is 59.7 Å². The Hall–Kier alpha value is -2.18. The van der Waals surface area contributed by atoms with E-state index < -0.39 is 16.4 Å². The van der Waals surface area contributed by atoms with Crippen LogP contribution in [0.3, 0.4) is 0 Å². The van der Waals surface area contributed by atoms with Gasteiger partial charge in [0.25, 0.3) is 0 Å². The Balaban J connectivity index is 1.66. The number of hydrogen-bond donors (Lipinski definition) is 0. The standard InChI is InChI=1S/2C23H27.C2H5.2ClH.Zr/c2*1-6-7-8-19-13-21-17(4)11-18(5)23(22(21)14-19)20-10-9-15(2)16(3)12-20;1-2;;;/h2*9-14H,6-8H2,1-5H3;1H2,2H3;2*1H;/q;;;;;+2/p-2. The molecule has 2 aliphatic rings. The number of unbranched alkanes of at least 4 members (excludes halogenated alkanes) is 2. The summed E-state index contributed by atoms with van der Waals surface area (Å²) in [7, 11) is 17.6. The van der Waals surface area contributed by atoms with Crippen LogP contribution in [0, 0.1) is 55.4 Å². The van der Waals surface area contributed by atoms with Crippen molar-refractivity contribution in [3.8, 4) is 22.3 Å². The summed E-state index contributed by atoms with van der Waals surface area (Å²) in [5.74, 6) is 0. The molecule has 0 aromatic heterocycles. The summed E-state index contributed by atoms with van der Waals surface area (Å²) in [6.45, 7) is 25.0. The Bertz CT molecular complexity index is 1950.